The van der Waals surface area contributed by atoms with Crippen LogP contribution >= 0.6 is 11.6 Å². The second kappa shape index (κ2) is 12.9. The van der Waals surface area contributed by atoms with E-state index in [1.807, 2.05) is 12.1 Å². The predicted molar refractivity (Wildman–Crippen MR) is 196 cm³/mol. The Kier molecular flexibility index (Phi) is 8.45. The third-order valence-corrected chi connectivity index (χ3v) is 12.0. The number of rotatable bonds is 7. The number of benzene rings is 4. The summed E-state index contributed by atoms with van der Waals surface area (Å²) in [6, 6.07) is 21.9. The van der Waals surface area contributed by atoms with Crippen LogP contribution in [0.5, 0.6) is 17.2 Å². The quantitative estimate of drug-likeness (QED) is 0.123. The van der Waals surface area contributed by atoms with Gasteiger partial charge in [0.1, 0.15) is 5.82 Å². The van der Waals surface area contributed by atoms with E-state index >= 15 is 0 Å². The van der Waals surface area contributed by atoms with E-state index in [1.165, 1.54) is 26.4 Å². The Morgan fingerprint density at radius 1 is 0.815 bits per heavy atom. The third-order valence-electron chi connectivity index (χ3n) is 11.7. The van der Waals surface area contributed by atoms with Crippen LogP contribution < -0.4 is 19.3 Å². The lowest BCUT2D eigenvalue weighted by Crippen LogP contribution is -2.48. The number of halogens is 2. The van der Waals surface area contributed by atoms with Crippen molar-refractivity contribution in [1.82, 2.24) is 0 Å². The molecule has 0 unspecified atom stereocenters. The number of amides is 4. The molecule has 2 saturated heterocycles. The Hall–Kier alpha value is -5.81. The molecule has 8 rings (SSSR count). The van der Waals surface area contributed by atoms with Crippen molar-refractivity contribution in [2.75, 3.05) is 24.0 Å². The summed E-state index contributed by atoms with van der Waals surface area (Å²) in [6.07, 6.45) is 2.18. The second-order valence-electron chi connectivity index (χ2n) is 14.3. The molecule has 1 saturated carbocycles. The normalized spacial score (nSPS) is 25.9. The first kappa shape index (κ1) is 35.2. The number of ether oxygens (including phenoxy) is 2. The van der Waals surface area contributed by atoms with E-state index < -0.39 is 64.5 Å². The standard InChI is InChI=1S/C42H34ClFN2O8/c1-42-29(39(50)46(41(42)52)25-13-16-31(44)30(43)19-25)20-28-26(35(42)23-17-32(53-2)37(48)33(18-23)54-3)14-15-27-34(28)40(51)45(38(27)49)24-11-9-22(10-12-24)36(47)21-7-5-4-6-8-21/h4-14,16-19,27-29,34-35,48H,15,20H2,1-3H3/t27-,28+,29-,34-,35-,42+/m0/s1. The molecule has 4 aliphatic rings. The van der Waals surface area contributed by atoms with Gasteiger partial charge in [-0.2, -0.15) is 0 Å². The fraction of sp³-hybridized carbons (Fsp3) is 0.262. The fourth-order valence-corrected chi connectivity index (χ4v) is 9.29. The van der Waals surface area contributed by atoms with E-state index in [4.69, 9.17) is 21.1 Å². The van der Waals surface area contributed by atoms with E-state index in [1.54, 1.807) is 67.6 Å². The van der Waals surface area contributed by atoms with Crippen LogP contribution in [0.3, 0.4) is 0 Å². The Morgan fingerprint density at radius 3 is 2.07 bits per heavy atom. The number of nitrogens with zero attached hydrogens (tertiary/aromatic N) is 2. The third kappa shape index (κ3) is 5.09. The minimum atomic E-state index is -1.42. The first-order valence-corrected chi connectivity index (χ1v) is 17.8. The molecule has 2 heterocycles. The smallest absolute Gasteiger partial charge is 0.241 e. The zero-order valence-electron chi connectivity index (χ0n) is 29.4. The first-order valence-electron chi connectivity index (χ1n) is 17.5. The summed E-state index contributed by atoms with van der Waals surface area (Å²) in [6.45, 7) is 1.70. The fourth-order valence-electron chi connectivity index (χ4n) is 9.12. The lowest BCUT2D eigenvalue weighted by molar-refractivity contribution is -0.131. The molecule has 0 spiro atoms. The SMILES string of the molecule is COc1cc([C@H]2C3=CC[C@@H]4C(=O)N(c5ccc(C(=O)c6ccccc6)cc5)C(=O)[C@@H]4[C@@H]3C[C@H]3C(=O)N(c4ccc(F)c(Cl)c4)C(=O)[C@@]23C)cc(OC)c1O. The lowest BCUT2D eigenvalue weighted by Gasteiger charge is -2.49. The van der Waals surface area contributed by atoms with Crippen LogP contribution in [0.2, 0.25) is 5.02 Å². The van der Waals surface area contributed by atoms with Crippen LogP contribution in [0.4, 0.5) is 15.8 Å². The number of carbonyl (C=O) groups excluding carboxylic acids is 5. The van der Waals surface area contributed by atoms with Crippen LogP contribution in [0.25, 0.3) is 0 Å². The molecule has 4 amide bonds. The van der Waals surface area contributed by atoms with E-state index in [9.17, 15) is 33.5 Å². The number of phenolic OH excluding ortho intramolecular Hbond substituents is 1. The molecule has 4 aromatic rings. The Labute approximate surface area is 314 Å². The number of allylic oxidation sites excluding steroid dienone is 2. The van der Waals surface area contributed by atoms with Gasteiger partial charge < -0.3 is 14.6 Å². The number of phenols is 1. The summed E-state index contributed by atoms with van der Waals surface area (Å²) in [5.41, 5.74) is 1.11. The second-order valence-corrected chi connectivity index (χ2v) is 14.7. The number of anilines is 2. The maximum Gasteiger partial charge on any atom is 0.241 e. The highest BCUT2D eigenvalue weighted by Crippen LogP contribution is 2.64. The van der Waals surface area contributed by atoms with Gasteiger partial charge in [0, 0.05) is 17.0 Å². The van der Waals surface area contributed by atoms with E-state index in [-0.39, 0.29) is 46.6 Å². The van der Waals surface area contributed by atoms with Gasteiger partial charge >= 0.3 is 0 Å². The topological polar surface area (TPSA) is 131 Å². The van der Waals surface area contributed by atoms with Crippen LogP contribution in [0.1, 0.15) is 47.2 Å². The van der Waals surface area contributed by atoms with Crippen LogP contribution in [0, 0.1) is 34.9 Å². The van der Waals surface area contributed by atoms with Gasteiger partial charge in [-0.05, 0) is 85.8 Å². The molecule has 274 valence electrons. The monoisotopic (exact) mass is 748 g/mol. The van der Waals surface area contributed by atoms with Crippen molar-refractivity contribution in [3.8, 4) is 17.2 Å². The van der Waals surface area contributed by atoms with Crippen molar-refractivity contribution in [3.63, 3.8) is 0 Å². The van der Waals surface area contributed by atoms with E-state index in [0.717, 1.165) is 15.9 Å². The summed E-state index contributed by atoms with van der Waals surface area (Å²) >= 11 is 6.11. The summed E-state index contributed by atoms with van der Waals surface area (Å²) in [5, 5.41) is 10.6. The van der Waals surface area contributed by atoms with Gasteiger partial charge in [-0.15, -0.1) is 0 Å². The van der Waals surface area contributed by atoms with Crippen molar-refractivity contribution >= 4 is 52.4 Å². The summed E-state index contributed by atoms with van der Waals surface area (Å²) in [5.74, 6) is -6.94. The average molecular weight is 749 g/mol. The Bertz CT molecular complexity index is 2290. The first-order chi connectivity index (χ1) is 25.9. The molecule has 1 N–H and O–H groups in total. The number of carbonyl (C=O) groups is 5. The number of ketones is 1. The van der Waals surface area contributed by atoms with E-state index in [2.05, 4.69) is 0 Å². The maximum absolute atomic E-state index is 14.7. The molecular weight excluding hydrogens is 715 g/mol. The molecule has 10 nitrogen and oxygen atoms in total. The number of hydrogen-bond acceptors (Lipinski definition) is 8. The molecule has 6 atom stereocenters. The summed E-state index contributed by atoms with van der Waals surface area (Å²) in [7, 11) is 2.76. The van der Waals surface area contributed by atoms with Gasteiger partial charge in [0.15, 0.2) is 17.3 Å². The number of methoxy groups -OCH3 is 2. The largest absolute Gasteiger partial charge is 0.502 e. The summed E-state index contributed by atoms with van der Waals surface area (Å²) < 4.78 is 25.2. The van der Waals surface area contributed by atoms with Crippen molar-refractivity contribution in [1.29, 1.82) is 0 Å². The molecule has 12 heteroatoms. The minimum Gasteiger partial charge on any atom is -0.502 e. The van der Waals surface area contributed by atoms with E-state index in [0.29, 0.717) is 28.0 Å². The number of imide groups is 2. The lowest BCUT2D eigenvalue weighted by atomic mass is 9.51. The van der Waals surface area contributed by atoms with Crippen molar-refractivity contribution in [2.45, 2.75) is 25.7 Å². The molecule has 3 fully saturated rings. The molecule has 0 radical (unpaired) electrons. The van der Waals surface area contributed by atoms with Gasteiger partial charge in [-0.3, -0.25) is 28.9 Å². The van der Waals surface area contributed by atoms with Crippen molar-refractivity contribution < 1.29 is 42.9 Å². The van der Waals surface area contributed by atoms with Gasteiger partial charge in [0.2, 0.25) is 29.4 Å². The van der Waals surface area contributed by atoms with Gasteiger partial charge in [0.25, 0.3) is 0 Å². The minimum absolute atomic E-state index is 0.0762. The zero-order chi connectivity index (χ0) is 38.2. The van der Waals surface area contributed by atoms with Crippen LogP contribution in [0.15, 0.2) is 96.6 Å². The molecular formula is C42H34ClFN2O8. The highest BCUT2D eigenvalue weighted by atomic mass is 35.5. The molecule has 0 bridgehead atoms. The van der Waals surface area contributed by atoms with Gasteiger partial charge in [-0.1, -0.05) is 53.6 Å². The molecule has 0 aromatic heterocycles. The van der Waals surface area contributed by atoms with Crippen LogP contribution in [-0.4, -0.2) is 48.7 Å². The number of hydrogen-bond donors (Lipinski definition) is 1. The molecule has 54 heavy (non-hydrogen) atoms. The molecule has 2 aliphatic carbocycles. The highest BCUT2D eigenvalue weighted by Gasteiger charge is 2.67. The average Bonchev–Trinajstić information content (AvgIpc) is 3.55. The Morgan fingerprint density at radius 2 is 1.44 bits per heavy atom. The molecule has 4 aromatic carbocycles. The molecule has 2 aliphatic heterocycles. The Balaban J connectivity index is 1.21. The summed E-state index contributed by atoms with van der Waals surface area (Å²) in [4.78, 5) is 73.1. The van der Waals surface area contributed by atoms with Crippen molar-refractivity contribution in [2.24, 2.45) is 29.1 Å². The van der Waals surface area contributed by atoms with Crippen LogP contribution in [-0.2, 0) is 19.2 Å². The number of fused-ring (bicyclic) bond motifs is 4. The van der Waals surface area contributed by atoms with Gasteiger partial charge in [-0.25, -0.2) is 9.29 Å². The van der Waals surface area contributed by atoms with Crippen molar-refractivity contribution in [3.05, 3.63) is 124 Å². The number of aromatic hydroxyl groups is 1. The maximum atomic E-state index is 14.7. The highest BCUT2D eigenvalue weighted by molar-refractivity contribution is 6.32. The zero-order valence-corrected chi connectivity index (χ0v) is 30.2. The van der Waals surface area contributed by atoms with Gasteiger partial charge in [0.05, 0.1) is 53.8 Å². The predicted octanol–water partition coefficient (Wildman–Crippen LogP) is 6.87.